The van der Waals surface area contributed by atoms with Gasteiger partial charge in [0.05, 0.1) is 25.6 Å². The molecule has 1 fully saturated rings. The van der Waals surface area contributed by atoms with E-state index in [9.17, 15) is 14.4 Å². The zero-order valence-electron chi connectivity index (χ0n) is 18.8. The van der Waals surface area contributed by atoms with E-state index in [0.717, 1.165) is 29.5 Å². The van der Waals surface area contributed by atoms with Crippen LogP contribution in [0.2, 0.25) is 0 Å². The van der Waals surface area contributed by atoms with Crippen molar-refractivity contribution in [3.05, 3.63) is 60.2 Å². The van der Waals surface area contributed by atoms with E-state index in [1.165, 1.54) is 7.11 Å². The summed E-state index contributed by atoms with van der Waals surface area (Å²) in [6.45, 7) is 2.02. The van der Waals surface area contributed by atoms with E-state index in [0.29, 0.717) is 19.3 Å². The number of hydrogen-bond donors (Lipinski definition) is 1. The van der Waals surface area contributed by atoms with Gasteiger partial charge in [-0.15, -0.1) is 0 Å². The number of amides is 1. The van der Waals surface area contributed by atoms with Crippen LogP contribution in [0, 0.1) is 5.41 Å². The van der Waals surface area contributed by atoms with E-state index in [2.05, 4.69) is 5.32 Å². The molecule has 0 heterocycles. The summed E-state index contributed by atoms with van der Waals surface area (Å²) in [6.07, 6.45) is 3.30. The summed E-state index contributed by atoms with van der Waals surface area (Å²) >= 11 is 0. The zero-order chi connectivity index (χ0) is 23.0. The number of carbonyl (C=O) groups excluding carboxylic acids is 3. The maximum atomic E-state index is 13.2. The Kier molecular flexibility index (Phi) is 8.03. The highest BCUT2D eigenvalue weighted by Gasteiger charge is 2.44. The Hall–Kier alpha value is -3.15. The van der Waals surface area contributed by atoms with Crippen molar-refractivity contribution in [1.82, 2.24) is 5.32 Å². The summed E-state index contributed by atoms with van der Waals surface area (Å²) in [5, 5.41) is 2.87. The van der Waals surface area contributed by atoms with E-state index in [1.54, 1.807) is 6.92 Å². The molecule has 0 radical (unpaired) electrons. The van der Waals surface area contributed by atoms with Crippen molar-refractivity contribution in [1.29, 1.82) is 0 Å². The van der Waals surface area contributed by atoms with E-state index < -0.39 is 17.4 Å². The van der Waals surface area contributed by atoms with Gasteiger partial charge < -0.3 is 14.8 Å². The summed E-state index contributed by atoms with van der Waals surface area (Å²) in [4.78, 5) is 37.8. The molecule has 2 aromatic rings. The van der Waals surface area contributed by atoms with Gasteiger partial charge in [-0.3, -0.25) is 9.59 Å². The minimum atomic E-state index is -0.824. The second-order valence-electron chi connectivity index (χ2n) is 8.29. The molecule has 32 heavy (non-hydrogen) atoms. The Morgan fingerprint density at radius 3 is 2.19 bits per heavy atom. The fraction of sp³-hybridized carbons (Fsp3) is 0.423. The van der Waals surface area contributed by atoms with Crippen molar-refractivity contribution >= 4 is 17.8 Å². The Bertz CT molecular complexity index is 917. The molecule has 0 bridgehead atoms. The number of benzene rings is 2. The normalized spacial score (nSPS) is 15.6. The van der Waals surface area contributed by atoms with Crippen molar-refractivity contribution in [3.8, 4) is 11.1 Å². The number of rotatable bonds is 9. The fourth-order valence-corrected chi connectivity index (χ4v) is 4.37. The van der Waals surface area contributed by atoms with Crippen LogP contribution in [0.15, 0.2) is 54.6 Å². The molecular weight excluding hydrogens is 406 g/mol. The highest BCUT2D eigenvalue weighted by Crippen LogP contribution is 2.41. The summed E-state index contributed by atoms with van der Waals surface area (Å²) in [7, 11) is 1.31. The van der Waals surface area contributed by atoms with Gasteiger partial charge in [-0.1, -0.05) is 67.4 Å². The van der Waals surface area contributed by atoms with Gasteiger partial charge in [0.1, 0.15) is 6.04 Å². The van der Waals surface area contributed by atoms with E-state index in [1.807, 2.05) is 54.6 Å². The van der Waals surface area contributed by atoms with Crippen molar-refractivity contribution < 1.29 is 23.9 Å². The molecule has 1 saturated carbocycles. The van der Waals surface area contributed by atoms with Crippen LogP contribution in [-0.4, -0.2) is 37.6 Å². The molecule has 0 saturated heterocycles. The lowest BCUT2D eigenvalue weighted by Gasteiger charge is -2.29. The molecule has 1 amide bonds. The Morgan fingerprint density at radius 2 is 1.59 bits per heavy atom. The maximum Gasteiger partial charge on any atom is 0.328 e. The lowest BCUT2D eigenvalue weighted by atomic mass is 9.81. The maximum absolute atomic E-state index is 13.2. The van der Waals surface area contributed by atoms with Crippen molar-refractivity contribution in [2.24, 2.45) is 5.41 Å². The van der Waals surface area contributed by atoms with E-state index in [4.69, 9.17) is 9.47 Å². The van der Waals surface area contributed by atoms with E-state index in [-0.39, 0.29) is 24.9 Å². The molecule has 1 aliphatic rings. The fourth-order valence-electron chi connectivity index (χ4n) is 4.37. The Balaban J connectivity index is 1.73. The Labute approximate surface area is 189 Å². The third-order valence-corrected chi connectivity index (χ3v) is 6.12. The third-order valence-electron chi connectivity index (χ3n) is 6.12. The zero-order valence-corrected chi connectivity index (χ0v) is 18.8. The summed E-state index contributed by atoms with van der Waals surface area (Å²) in [6, 6.07) is 17.1. The second kappa shape index (κ2) is 10.9. The van der Waals surface area contributed by atoms with Crippen LogP contribution in [0.1, 0.15) is 44.6 Å². The summed E-state index contributed by atoms with van der Waals surface area (Å²) < 4.78 is 10.0. The number of esters is 2. The first-order valence-electron chi connectivity index (χ1n) is 11.2. The average Bonchev–Trinajstić information content (AvgIpc) is 3.29. The number of carbonyl (C=O) groups is 3. The van der Waals surface area contributed by atoms with E-state index >= 15 is 0 Å². The van der Waals surface area contributed by atoms with Gasteiger partial charge in [0.2, 0.25) is 5.91 Å². The van der Waals surface area contributed by atoms with Crippen LogP contribution < -0.4 is 5.32 Å². The third kappa shape index (κ3) is 5.75. The predicted octanol–water partition coefficient (Wildman–Crippen LogP) is 4.07. The topological polar surface area (TPSA) is 81.7 Å². The first-order chi connectivity index (χ1) is 15.5. The van der Waals surface area contributed by atoms with Gasteiger partial charge in [-0.05, 0) is 36.5 Å². The summed E-state index contributed by atoms with van der Waals surface area (Å²) in [5.41, 5.74) is 2.27. The van der Waals surface area contributed by atoms with Gasteiger partial charge >= 0.3 is 11.9 Å². The molecule has 3 rings (SSSR count). The predicted molar refractivity (Wildman–Crippen MR) is 122 cm³/mol. The Morgan fingerprint density at radius 1 is 0.969 bits per heavy atom. The molecule has 0 unspecified atom stereocenters. The van der Waals surface area contributed by atoms with Gasteiger partial charge in [-0.2, -0.15) is 0 Å². The lowest BCUT2D eigenvalue weighted by Crippen LogP contribution is -2.49. The van der Waals surface area contributed by atoms with Crippen LogP contribution in [0.25, 0.3) is 11.1 Å². The van der Waals surface area contributed by atoms with Gasteiger partial charge in [-0.25, -0.2) is 4.79 Å². The van der Waals surface area contributed by atoms with Crippen LogP contribution >= 0.6 is 0 Å². The molecular formula is C26H31NO5. The number of hydrogen-bond acceptors (Lipinski definition) is 5. The number of ether oxygens (including phenoxy) is 2. The van der Waals surface area contributed by atoms with Gasteiger partial charge in [0.25, 0.3) is 0 Å². The first-order valence-corrected chi connectivity index (χ1v) is 11.2. The minimum absolute atomic E-state index is 0.0341. The minimum Gasteiger partial charge on any atom is -0.467 e. The second-order valence-corrected chi connectivity index (χ2v) is 8.29. The molecule has 1 N–H and O–H groups in total. The summed E-state index contributed by atoms with van der Waals surface area (Å²) in [5.74, 6) is -1.16. The molecule has 2 aromatic carbocycles. The molecule has 6 heteroatoms. The highest BCUT2D eigenvalue weighted by molar-refractivity contribution is 5.91. The van der Waals surface area contributed by atoms with Crippen LogP contribution in [0.4, 0.5) is 0 Å². The lowest BCUT2D eigenvalue weighted by molar-refractivity contribution is -0.151. The molecule has 170 valence electrons. The van der Waals surface area contributed by atoms with Crippen LogP contribution in [0.5, 0.6) is 0 Å². The molecule has 1 atom stereocenters. The monoisotopic (exact) mass is 437 g/mol. The first kappa shape index (κ1) is 23.5. The molecule has 6 nitrogen and oxygen atoms in total. The quantitative estimate of drug-likeness (QED) is 0.598. The van der Waals surface area contributed by atoms with Crippen molar-refractivity contribution in [2.45, 2.75) is 51.5 Å². The molecule has 0 aliphatic heterocycles. The SMILES string of the molecule is CCOC(=O)CC1(C(=O)N[C@H](Cc2ccc(-c3ccccc3)cc2)C(=O)OC)CCCC1. The number of nitrogens with one attached hydrogen (secondary N) is 1. The smallest absolute Gasteiger partial charge is 0.328 e. The van der Waals surface area contributed by atoms with Gasteiger partial charge in [0.15, 0.2) is 0 Å². The van der Waals surface area contributed by atoms with Crippen molar-refractivity contribution in [2.75, 3.05) is 13.7 Å². The molecule has 1 aliphatic carbocycles. The largest absolute Gasteiger partial charge is 0.467 e. The van der Waals surface area contributed by atoms with Gasteiger partial charge in [0, 0.05) is 6.42 Å². The van der Waals surface area contributed by atoms with Crippen molar-refractivity contribution in [3.63, 3.8) is 0 Å². The highest BCUT2D eigenvalue weighted by atomic mass is 16.5. The average molecular weight is 438 g/mol. The molecule has 0 spiro atoms. The van der Waals surface area contributed by atoms with Crippen LogP contribution in [0.3, 0.4) is 0 Å². The van der Waals surface area contributed by atoms with Crippen LogP contribution in [-0.2, 0) is 30.3 Å². The standard InChI is InChI=1S/C26H31NO5/c1-3-32-23(28)18-26(15-7-8-16-26)25(30)27-22(24(29)31-2)17-19-11-13-21(14-12-19)20-9-5-4-6-10-20/h4-6,9-14,22H,3,7-8,15-18H2,1-2H3,(H,27,30)/t22-/m1/s1. The number of methoxy groups -OCH3 is 1. The molecule has 0 aromatic heterocycles.